The Hall–Kier alpha value is -2.93. The molecule has 2 rings (SSSR count). The highest BCUT2D eigenvalue weighted by molar-refractivity contribution is 6.04. The molecule has 0 fully saturated rings. The van der Waals surface area contributed by atoms with Crippen LogP contribution in [0.15, 0.2) is 36.4 Å². The molecule has 2 amide bonds. The fourth-order valence-corrected chi connectivity index (χ4v) is 2.11. The minimum atomic E-state index is -0.647. The maximum atomic E-state index is 12.4. The van der Waals surface area contributed by atoms with E-state index in [2.05, 4.69) is 10.4 Å². The van der Waals surface area contributed by atoms with Gasteiger partial charge in [0.1, 0.15) is 5.69 Å². The number of para-hydroxylation sites is 1. The number of aromatic nitrogens is 2. The Bertz CT molecular complexity index is 750. The van der Waals surface area contributed by atoms with Crippen LogP contribution in [0.3, 0.4) is 0 Å². The van der Waals surface area contributed by atoms with Gasteiger partial charge in [0.25, 0.3) is 11.8 Å². The molecule has 3 N–H and O–H groups in total. The van der Waals surface area contributed by atoms with Gasteiger partial charge >= 0.3 is 0 Å². The summed E-state index contributed by atoms with van der Waals surface area (Å²) in [6, 6.07) is 8.76. The summed E-state index contributed by atoms with van der Waals surface area (Å²) >= 11 is 0. The normalized spacial score (nSPS) is 10.7. The Labute approximate surface area is 133 Å². The molecule has 0 radical (unpaired) electrons. The second-order valence-electron chi connectivity index (χ2n) is 4.84. The second-order valence-corrected chi connectivity index (χ2v) is 4.84. The van der Waals surface area contributed by atoms with Gasteiger partial charge in [0.05, 0.1) is 5.69 Å². The van der Waals surface area contributed by atoms with Crippen molar-refractivity contribution in [3.63, 3.8) is 0 Å². The number of anilines is 1. The van der Waals surface area contributed by atoms with E-state index in [4.69, 9.17) is 5.21 Å². The summed E-state index contributed by atoms with van der Waals surface area (Å²) in [5.41, 5.74) is 3.95. The highest BCUT2D eigenvalue weighted by Crippen LogP contribution is 2.18. The van der Waals surface area contributed by atoms with Crippen molar-refractivity contribution in [2.45, 2.75) is 20.4 Å². The first-order valence-electron chi connectivity index (χ1n) is 7.12. The fourth-order valence-electron chi connectivity index (χ4n) is 2.11. The number of hydrogen-bond acceptors (Lipinski definition) is 4. The smallest absolute Gasteiger partial charge is 0.273 e. The molecule has 0 saturated heterocycles. The van der Waals surface area contributed by atoms with E-state index in [1.54, 1.807) is 35.0 Å². The number of carbonyl (C=O) groups is 2. The predicted molar refractivity (Wildman–Crippen MR) is 86.0 cm³/mol. The summed E-state index contributed by atoms with van der Waals surface area (Å²) in [6.07, 6.45) is 2.68. The van der Waals surface area contributed by atoms with Crippen LogP contribution < -0.4 is 10.8 Å². The molecule has 0 aliphatic rings. The summed E-state index contributed by atoms with van der Waals surface area (Å²) in [5.74, 6) is -0.925. The number of hydrogen-bond donors (Lipinski definition) is 3. The SMILES string of the molecule is CCn1nc(C)cc1C(=O)Nc1ccccc1/C=C/C(=O)NO. The quantitative estimate of drug-likeness (QED) is 0.447. The lowest BCUT2D eigenvalue weighted by atomic mass is 10.1. The molecule has 7 heteroatoms. The first-order chi connectivity index (χ1) is 11.0. The number of nitrogens with one attached hydrogen (secondary N) is 2. The van der Waals surface area contributed by atoms with Gasteiger partial charge in [-0.15, -0.1) is 0 Å². The third-order valence-electron chi connectivity index (χ3n) is 3.17. The average molecular weight is 314 g/mol. The second kappa shape index (κ2) is 7.37. The Kier molecular flexibility index (Phi) is 5.27. The number of carbonyl (C=O) groups excluding carboxylic acids is 2. The predicted octanol–water partition coefficient (Wildman–Crippen LogP) is 1.98. The third-order valence-corrected chi connectivity index (χ3v) is 3.17. The molecule has 0 aliphatic heterocycles. The summed E-state index contributed by atoms with van der Waals surface area (Å²) in [6.45, 7) is 4.33. The molecule has 0 unspecified atom stereocenters. The summed E-state index contributed by atoms with van der Waals surface area (Å²) in [4.78, 5) is 23.5. The molecule has 1 aromatic carbocycles. The molecule has 0 bridgehead atoms. The lowest BCUT2D eigenvalue weighted by molar-refractivity contribution is -0.124. The zero-order valence-corrected chi connectivity index (χ0v) is 12.9. The van der Waals surface area contributed by atoms with Crippen LogP contribution in [-0.2, 0) is 11.3 Å². The molecule has 0 spiro atoms. The van der Waals surface area contributed by atoms with E-state index in [-0.39, 0.29) is 5.91 Å². The Balaban J connectivity index is 2.24. The third kappa shape index (κ3) is 4.04. The van der Waals surface area contributed by atoms with Crippen molar-refractivity contribution < 1.29 is 14.8 Å². The molecule has 1 heterocycles. The van der Waals surface area contributed by atoms with E-state index in [0.29, 0.717) is 23.5 Å². The van der Waals surface area contributed by atoms with E-state index < -0.39 is 5.91 Å². The van der Waals surface area contributed by atoms with Crippen LogP contribution >= 0.6 is 0 Å². The van der Waals surface area contributed by atoms with Gasteiger partial charge in [-0.2, -0.15) is 5.10 Å². The summed E-state index contributed by atoms with van der Waals surface area (Å²) in [7, 11) is 0. The van der Waals surface area contributed by atoms with E-state index in [1.165, 1.54) is 17.6 Å². The number of rotatable bonds is 5. The van der Waals surface area contributed by atoms with Crippen LogP contribution in [0.1, 0.15) is 28.7 Å². The fraction of sp³-hybridized carbons (Fsp3) is 0.188. The Morgan fingerprint density at radius 3 is 2.78 bits per heavy atom. The van der Waals surface area contributed by atoms with E-state index >= 15 is 0 Å². The summed E-state index contributed by atoms with van der Waals surface area (Å²) < 4.78 is 1.63. The highest BCUT2D eigenvalue weighted by atomic mass is 16.5. The van der Waals surface area contributed by atoms with E-state index in [9.17, 15) is 9.59 Å². The Morgan fingerprint density at radius 1 is 1.35 bits per heavy atom. The van der Waals surface area contributed by atoms with Crippen molar-refractivity contribution in [2.24, 2.45) is 0 Å². The van der Waals surface area contributed by atoms with Crippen molar-refractivity contribution in [1.29, 1.82) is 0 Å². The van der Waals surface area contributed by atoms with E-state index in [0.717, 1.165) is 5.69 Å². The largest absolute Gasteiger partial charge is 0.320 e. The molecular weight excluding hydrogens is 296 g/mol. The van der Waals surface area contributed by atoms with Gasteiger partial charge in [0, 0.05) is 18.3 Å². The number of nitrogens with zero attached hydrogens (tertiary/aromatic N) is 2. The highest BCUT2D eigenvalue weighted by Gasteiger charge is 2.14. The van der Waals surface area contributed by atoms with Gasteiger partial charge in [-0.25, -0.2) is 5.48 Å². The number of hydroxylamine groups is 1. The Morgan fingerprint density at radius 2 is 2.09 bits per heavy atom. The van der Waals surface area contributed by atoms with Crippen molar-refractivity contribution in [3.8, 4) is 0 Å². The van der Waals surface area contributed by atoms with Crippen molar-refractivity contribution >= 4 is 23.6 Å². The maximum absolute atomic E-state index is 12.4. The molecular formula is C16H18N4O3. The van der Waals surface area contributed by atoms with Crippen molar-refractivity contribution in [1.82, 2.24) is 15.3 Å². The molecule has 23 heavy (non-hydrogen) atoms. The average Bonchev–Trinajstić information content (AvgIpc) is 2.94. The minimum Gasteiger partial charge on any atom is -0.320 e. The monoisotopic (exact) mass is 314 g/mol. The molecule has 0 atom stereocenters. The molecule has 7 nitrogen and oxygen atoms in total. The van der Waals surface area contributed by atoms with E-state index in [1.807, 2.05) is 13.8 Å². The molecule has 120 valence electrons. The standard InChI is InChI=1S/C16H18N4O3/c1-3-20-14(10-11(2)18-20)16(22)17-13-7-5-4-6-12(13)8-9-15(21)19-23/h4-10,23H,3H2,1-2H3,(H,17,22)(H,19,21)/b9-8+. The van der Waals surface area contributed by atoms with Gasteiger partial charge in [-0.1, -0.05) is 18.2 Å². The molecule has 0 saturated carbocycles. The molecule has 0 aliphatic carbocycles. The zero-order valence-electron chi connectivity index (χ0n) is 12.9. The van der Waals surface area contributed by atoms with Crippen LogP contribution in [0.4, 0.5) is 5.69 Å². The first kappa shape index (κ1) is 16.4. The maximum Gasteiger partial charge on any atom is 0.273 e. The van der Waals surface area contributed by atoms with Gasteiger partial charge in [-0.05, 0) is 37.6 Å². The van der Waals surface area contributed by atoms with Crippen LogP contribution in [0.25, 0.3) is 6.08 Å². The number of amides is 2. The van der Waals surface area contributed by atoms with Crippen LogP contribution in [-0.4, -0.2) is 26.8 Å². The van der Waals surface area contributed by atoms with Gasteiger partial charge in [0.2, 0.25) is 0 Å². The number of aryl methyl sites for hydroxylation is 2. The van der Waals surface area contributed by atoms with Gasteiger partial charge in [-0.3, -0.25) is 19.5 Å². The number of benzene rings is 1. The van der Waals surface area contributed by atoms with Crippen molar-refractivity contribution in [3.05, 3.63) is 53.4 Å². The zero-order chi connectivity index (χ0) is 16.8. The first-order valence-corrected chi connectivity index (χ1v) is 7.12. The lowest BCUT2D eigenvalue weighted by Crippen LogP contribution is -2.18. The molecule has 1 aromatic heterocycles. The van der Waals surface area contributed by atoms with Gasteiger partial charge < -0.3 is 5.32 Å². The topological polar surface area (TPSA) is 96.2 Å². The minimum absolute atomic E-state index is 0.278. The van der Waals surface area contributed by atoms with Crippen LogP contribution in [0.5, 0.6) is 0 Å². The van der Waals surface area contributed by atoms with Crippen LogP contribution in [0, 0.1) is 6.92 Å². The van der Waals surface area contributed by atoms with Crippen molar-refractivity contribution in [2.75, 3.05) is 5.32 Å². The van der Waals surface area contributed by atoms with Crippen LogP contribution in [0.2, 0.25) is 0 Å². The van der Waals surface area contributed by atoms with Gasteiger partial charge in [0.15, 0.2) is 0 Å². The molecule has 2 aromatic rings. The summed E-state index contributed by atoms with van der Waals surface area (Å²) in [5, 5.41) is 15.6. The lowest BCUT2D eigenvalue weighted by Gasteiger charge is -2.09.